The normalized spacial score (nSPS) is 14.7. The Morgan fingerprint density at radius 2 is 2.00 bits per heavy atom. The molecule has 4 heteroatoms. The van der Waals surface area contributed by atoms with Gasteiger partial charge in [0.1, 0.15) is 5.75 Å². The first-order valence-electron chi connectivity index (χ1n) is 9.24. The summed E-state index contributed by atoms with van der Waals surface area (Å²) in [4.78, 5) is 16.3. The van der Waals surface area contributed by atoms with Crippen LogP contribution in [0.1, 0.15) is 53.0 Å². The predicted octanol–water partition coefficient (Wildman–Crippen LogP) is 4.55. The van der Waals surface area contributed by atoms with Crippen molar-refractivity contribution in [2.75, 3.05) is 7.11 Å². The van der Waals surface area contributed by atoms with E-state index >= 15 is 0 Å². The third kappa shape index (κ3) is 3.07. The molecule has 1 unspecified atom stereocenters. The average molecular weight is 348 g/mol. The van der Waals surface area contributed by atoms with Crippen LogP contribution in [0.4, 0.5) is 0 Å². The van der Waals surface area contributed by atoms with Gasteiger partial charge in [0, 0.05) is 22.2 Å². The number of carbonyl (C=O) groups is 1. The van der Waals surface area contributed by atoms with Gasteiger partial charge in [0.15, 0.2) is 0 Å². The fourth-order valence-corrected chi connectivity index (χ4v) is 3.82. The predicted molar refractivity (Wildman–Crippen MR) is 104 cm³/mol. The molecule has 0 saturated heterocycles. The molecular weight excluding hydrogens is 324 g/mol. The zero-order valence-electron chi connectivity index (χ0n) is 15.3. The van der Waals surface area contributed by atoms with Gasteiger partial charge in [-0.05, 0) is 74.1 Å². The van der Waals surface area contributed by atoms with Crippen LogP contribution in [0, 0.1) is 0 Å². The van der Waals surface area contributed by atoms with Crippen molar-refractivity contribution in [1.29, 1.82) is 0 Å². The van der Waals surface area contributed by atoms with E-state index in [1.54, 1.807) is 7.11 Å². The van der Waals surface area contributed by atoms with Gasteiger partial charge in [-0.25, -0.2) is 0 Å². The number of hydrogen-bond donors (Lipinski definition) is 2. The lowest BCUT2D eigenvalue weighted by Gasteiger charge is -2.15. The van der Waals surface area contributed by atoms with E-state index in [4.69, 9.17) is 4.74 Å². The summed E-state index contributed by atoms with van der Waals surface area (Å²) in [5.74, 6) is 0.747. The molecule has 1 aromatic heterocycles. The molecule has 4 rings (SSSR count). The van der Waals surface area contributed by atoms with E-state index in [9.17, 15) is 4.79 Å². The number of rotatable bonds is 4. The van der Waals surface area contributed by atoms with Gasteiger partial charge in [0.05, 0.1) is 13.2 Å². The number of ether oxygens (including phenoxy) is 1. The highest BCUT2D eigenvalue weighted by Gasteiger charge is 2.18. The first-order chi connectivity index (χ1) is 12.7. The topological polar surface area (TPSA) is 54.1 Å². The standard InChI is InChI=1S/C22H24N2O2/c1-14(15-6-5-7-17(12-15)26-2)23-22(25)16-10-11-21-19(13-16)18-8-3-4-9-20(18)24-21/h5-7,10-14,24H,3-4,8-9H2,1-2H3,(H,23,25). The smallest absolute Gasteiger partial charge is 0.251 e. The van der Waals surface area contributed by atoms with E-state index in [2.05, 4.69) is 10.3 Å². The Morgan fingerprint density at radius 3 is 2.85 bits per heavy atom. The Hall–Kier alpha value is -2.75. The molecule has 2 N–H and O–H groups in total. The van der Waals surface area contributed by atoms with Gasteiger partial charge in [-0.15, -0.1) is 0 Å². The lowest BCUT2D eigenvalue weighted by molar-refractivity contribution is 0.0940. The number of carbonyl (C=O) groups excluding carboxylic acids is 1. The summed E-state index contributed by atoms with van der Waals surface area (Å²) in [7, 11) is 1.65. The van der Waals surface area contributed by atoms with Crippen LogP contribution in [0.2, 0.25) is 0 Å². The molecular formula is C22H24N2O2. The van der Waals surface area contributed by atoms with Gasteiger partial charge in [-0.2, -0.15) is 0 Å². The summed E-state index contributed by atoms with van der Waals surface area (Å²) in [6.45, 7) is 1.99. The molecule has 2 aromatic carbocycles. The number of aromatic amines is 1. The van der Waals surface area contributed by atoms with E-state index in [-0.39, 0.29) is 11.9 Å². The Labute approximate surface area is 153 Å². The molecule has 1 aliphatic rings. The fourth-order valence-electron chi connectivity index (χ4n) is 3.82. The summed E-state index contributed by atoms with van der Waals surface area (Å²) >= 11 is 0. The molecule has 0 saturated carbocycles. The summed E-state index contributed by atoms with van der Waals surface area (Å²) in [5, 5.41) is 4.29. The van der Waals surface area contributed by atoms with E-state index in [1.165, 1.54) is 29.5 Å². The van der Waals surface area contributed by atoms with Crippen LogP contribution in [0.3, 0.4) is 0 Å². The van der Waals surface area contributed by atoms with Gasteiger partial charge in [-0.3, -0.25) is 4.79 Å². The van der Waals surface area contributed by atoms with Gasteiger partial charge >= 0.3 is 0 Å². The van der Waals surface area contributed by atoms with Crippen LogP contribution in [0.25, 0.3) is 10.9 Å². The van der Waals surface area contributed by atoms with Gasteiger partial charge in [-0.1, -0.05) is 12.1 Å². The minimum Gasteiger partial charge on any atom is -0.497 e. The highest BCUT2D eigenvalue weighted by atomic mass is 16.5. The number of H-pyrrole nitrogens is 1. The Morgan fingerprint density at radius 1 is 1.15 bits per heavy atom. The van der Waals surface area contributed by atoms with Gasteiger partial charge in [0.25, 0.3) is 5.91 Å². The molecule has 0 bridgehead atoms. The number of hydrogen-bond acceptors (Lipinski definition) is 2. The van der Waals surface area contributed by atoms with Gasteiger partial charge < -0.3 is 15.0 Å². The molecule has 4 nitrogen and oxygen atoms in total. The molecule has 1 aliphatic carbocycles. The second-order valence-electron chi connectivity index (χ2n) is 7.02. The Bertz CT molecular complexity index is 958. The first-order valence-corrected chi connectivity index (χ1v) is 9.24. The minimum atomic E-state index is -0.0894. The van der Waals surface area contributed by atoms with Crippen molar-refractivity contribution in [1.82, 2.24) is 10.3 Å². The van der Waals surface area contributed by atoms with E-state index in [0.29, 0.717) is 5.56 Å². The largest absolute Gasteiger partial charge is 0.497 e. The maximum atomic E-state index is 12.8. The van der Waals surface area contributed by atoms with Crippen LogP contribution in [-0.2, 0) is 12.8 Å². The Balaban J connectivity index is 1.57. The quantitative estimate of drug-likeness (QED) is 0.727. The minimum absolute atomic E-state index is 0.0482. The van der Waals surface area contributed by atoms with Crippen LogP contribution in [0.15, 0.2) is 42.5 Å². The van der Waals surface area contributed by atoms with Crippen molar-refractivity contribution in [2.24, 2.45) is 0 Å². The highest BCUT2D eigenvalue weighted by molar-refractivity contribution is 5.99. The molecule has 26 heavy (non-hydrogen) atoms. The van der Waals surface area contributed by atoms with Crippen molar-refractivity contribution in [3.8, 4) is 5.75 Å². The first kappa shape index (κ1) is 16.7. The number of benzene rings is 2. The number of aromatic nitrogens is 1. The molecule has 3 aromatic rings. The molecule has 0 spiro atoms. The number of nitrogens with one attached hydrogen (secondary N) is 2. The lowest BCUT2D eigenvalue weighted by Crippen LogP contribution is -2.26. The Kier molecular flexibility index (Phi) is 4.41. The number of methoxy groups -OCH3 is 1. The second kappa shape index (κ2) is 6.87. The summed E-state index contributed by atoms with van der Waals surface area (Å²) in [5.41, 5.74) is 5.60. The summed E-state index contributed by atoms with van der Waals surface area (Å²) in [6, 6.07) is 13.7. The van der Waals surface area contributed by atoms with E-state index in [0.717, 1.165) is 29.7 Å². The molecule has 1 heterocycles. The lowest BCUT2D eigenvalue weighted by atomic mass is 9.95. The molecule has 1 amide bonds. The highest BCUT2D eigenvalue weighted by Crippen LogP contribution is 2.30. The van der Waals surface area contributed by atoms with Crippen LogP contribution in [-0.4, -0.2) is 18.0 Å². The van der Waals surface area contributed by atoms with Crippen molar-refractivity contribution >= 4 is 16.8 Å². The van der Waals surface area contributed by atoms with E-state index in [1.807, 2.05) is 49.4 Å². The zero-order valence-corrected chi connectivity index (χ0v) is 15.3. The molecule has 0 aliphatic heterocycles. The maximum absolute atomic E-state index is 12.8. The zero-order chi connectivity index (χ0) is 18.1. The van der Waals surface area contributed by atoms with E-state index < -0.39 is 0 Å². The van der Waals surface area contributed by atoms with Gasteiger partial charge in [0.2, 0.25) is 0 Å². The monoisotopic (exact) mass is 348 g/mol. The number of aryl methyl sites for hydroxylation is 2. The van der Waals surface area contributed by atoms with Crippen LogP contribution >= 0.6 is 0 Å². The number of amides is 1. The van der Waals surface area contributed by atoms with Crippen molar-refractivity contribution in [3.63, 3.8) is 0 Å². The molecule has 0 radical (unpaired) electrons. The van der Waals surface area contributed by atoms with Crippen molar-refractivity contribution in [2.45, 2.75) is 38.6 Å². The molecule has 134 valence electrons. The fraction of sp³-hybridized carbons (Fsp3) is 0.318. The average Bonchev–Trinajstić information content (AvgIpc) is 3.05. The third-order valence-corrected chi connectivity index (χ3v) is 5.30. The summed E-state index contributed by atoms with van der Waals surface area (Å²) < 4.78 is 5.27. The number of fused-ring (bicyclic) bond motifs is 3. The SMILES string of the molecule is COc1cccc(C(C)NC(=O)c2ccc3[nH]c4c(c3c2)CCCC4)c1. The second-order valence-corrected chi connectivity index (χ2v) is 7.02. The summed E-state index contributed by atoms with van der Waals surface area (Å²) in [6.07, 6.45) is 4.67. The molecule has 1 atom stereocenters. The molecule has 0 fully saturated rings. The third-order valence-electron chi connectivity index (χ3n) is 5.30. The van der Waals surface area contributed by atoms with Crippen LogP contribution in [0.5, 0.6) is 5.75 Å². The van der Waals surface area contributed by atoms with Crippen molar-refractivity contribution in [3.05, 3.63) is 64.8 Å². The maximum Gasteiger partial charge on any atom is 0.251 e. The van der Waals surface area contributed by atoms with Crippen molar-refractivity contribution < 1.29 is 9.53 Å². The van der Waals surface area contributed by atoms with Crippen LogP contribution < -0.4 is 10.1 Å².